The van der Waals surface area contributed by atoms with E-state index in [0.717, 1.165) is 11.8 Å². The van der Waals surface area contributed by atoms with Crippen LogP contribution in [0.15, 0.2) is 48.5 Å². The molecule has 0 spiro atoms. The Hall–Kier alpha value is -2.74. The number of anilines is 1. The number of carbonyl (C=O) groups is 1. The predicted octanol–water partition coefficient (Wildman–Crippen LogP) is 3.72. The van der Waals surface area contributed by atoms with E-state index in [4.69, 9.17) is 8.92 Å². The molecule has 0 aliphatic rings. The van der Waals surface area contributed by atoms with E-state index in [0.29, 0.717) is 24.5 Å². The average Bonchev–Trinajstić information content (AvgIpc) is 2.60. The molecule has 0 aliphatic heterocycles. The number of urea groups is 1. The van der Waals surface area contributed by atoms with E-state index in [2.05, 4.69) is 5.32 Å². The quantitative estimate of drug-likeness (QED) is 0.675. The minimum absolute atomic E-state index is 0.217. The van der Waals surface area contributed by atoms with E-state index >= 15 is 0 Å². The second-order valence-corrected chi connectivity index (χ2v) is 8.41. The highest BCUT2D eigenvalue weighted by atomic mass is 32.2. The summed E-state index contributed by atoms with van der Waals surface area (Å²) in [4.78, 5) is 14.5. The van der Waals surface area contributed by atoms with Gasteiger partial charge in [0, 0.05) is 13.1 Å². The molecule has 2 aromatic rings. The van der Waals surface area contributed by atoms with Crippen molar-refractivity contribution in [3.8, 4) is 11.5 Å². The van der Waals surface area contributed by atoms with Crippen molar-refractivity contribution in [2.75, 3.05) is 25.2 Å². The number of hydrogen-bond acceptors (Lipinski definition) is 5. The SMILES string of the molecule is COc1ccccc1NC(=O)N(Cc1cccc(OS(C)(=O)=O)c1)CC(C)C. The largest absolute Gasteiger partial charge is 0.495 e. The van der Waals surface area contributed by atoms with Crippen LogP contribution in [0.4, 0.5) is 10.5 Å². The zero-order valence-corrected chi connectivity index (χ0v) is 17.3. The third-order valence-corrected chi connectivity index (χ3v) is 4.24. The monoisotopic (exact) mass is 406 g/mol. The van der Waals surface area contributed by atoms with Crippen molar-refractivity contribution in [1.82, 2.24) is 4.90 Å². The highest BCUT2D eigenvalue weighted by molar-refractivity contribution is 7.86. The number of nitrogens with zero attached hydrogens (tertiary/aromatic N) is 1. The van der Waals surface area contributed by atoms with Gasteiger partial charge in [0.1, 0.15) is 11.5 Å². The zero-order chi connectivity index (χ0) is 20.7. The zero-order valence-electron chi connectivity index (χ0n) is 16.5. The predicted molar refractivity (Wildman–Crippen MR) is 109 cm³/mol. The molecule has 28 heavy (non-hydrogen) atoms. The number of methoxy groups -OCH3 is 1. The first-order chi connectivity index (χ1) is 13.2. The van der Waals surface area contributed by atoms with Gasteiger partial charge in [-0.05, 0) is 35.7 Å². The third kappa shape index (κ3) is 6.77. The summed E-state index contributed by atoms with van der Waals surface area (Å²) in [5, 5.41) is 2.87. The lowest BCUT2D eigenvalue weighted by Crippen LogP contribution is -2.37. The minimum atomic E-state index is -3.61. The van der Waals surface area contributed by atoms with E-state index in [-0.39, 0.29) is 17.7 Å². The maximum Gasteiger partial charge on any atom is 0.322 e. The number of hydrogen-bond donors (Lipinski definition) is 1. The molecule has 0 fully saturated rings. The summed E-state index contributed by atoms with van der Waals surface area (Å²) in [7, 11) is -2.07. The molecule has 0 saturated heterocycles. The van der Waals surface area contributed by atoms with Gasteiger partial charge in [-0.1, -0.05) is 38.1 Å². The Morgan fingerprint density at radius 2 is 1.86 bits per heavy atom. The van der Waals surface area contributed by atoms with Gasteiger partial charge in [-0.15, -0.1) is 0 Å². The van der Waals surface area contributed by atoms with Gasteiger partial charge in [0.25, 0.3) is 0 Å². The summed E-state index contributed by atoms with van der Waals surface area (Å²) in [5.74, 6) is 1.04. The number of para-hydroxylation sites is 2. The molecular weight excluding hydrogens is 380 g/mol. The molecule has 0 aromatic heterocycles. The molecule has 0 aliphatic carbocycles. The third-order valence-electron chi connectivity index (χ3n) is 3.74. The first-order valence-electron chi connectivity index (χ1n) is 8.85. The van der Waals surface area contributed by atoms with Crippen LogP contribution < -0.4 is 14.2 Å². The average molecular weight is 407 g/mol. The van der Waals surface area contributed by atoms with Crippen LogP contribution in [-0.4, -0.2) is 39.3 Å². The maximum absolute atomic E-state index is 12.9. The Morgan fingerprint density at radius 3 is 2.50 bits per heavy atom. The van der Waals surface area contributed by atoms with Gasteiger partial charge in [0.05, 0.1) is 19.1 Å². The smallest absolute Gasteiger partial charge is 0.322 e. The van der Waals surface area contributed by atoms with Gasteiger partial charge in [0.2, 0.25) is 0 Å². The number of nitrogens with one attached hydrogen (secondary N) is 1. The van der Waals surface area contributed by atoms with Crippen LogP contribution in [0.2, 0.25) is 0 Å². The summed E-state index contributed by atoms with van der Waals surface area (Å²) in [6.07, 6.45) is 0.992. The number of ether oxygens (including phenoxy) is 1. The molecule has 2 aromatic carbocycles. The fourth-order valence-corrected chi connectivity index (χ4v) is 3.15. The second-order valence-electron chi connectivity index (χ2n) is 6.84. The first-order valence-corrected chi connectivity index (χ1v) is 10.7. The Labute approximate surface area is 166 Å². The Balaban J connectivity index is 2.19. The van der Waals surface area contributed by atoms with Crippen LogP contribution in [0.3, 0.4) is 0 Å². The molecule has 0 bridgehead atoms. The maximum atomic E-state index is 12.9. The van der Waals surface area contributed by atoms with Crippen LogP contribution in [0.1, 0.15) is 19.4 Å². The molecule has 2 rings (SSSR count). The van der Waals surface area contributed by atoms with Crippen molar-refractivity contribution in [3.63, 3.8) is 0 Å². The van der Waals surface area contributed by atoms with E-state index in [1.807, 2.05) is 32.0 Å². The summed E-state index contributed by atoms with van der Waals surface area (Å²) >= 11 is 0. The molecule has 0 atom stereocenters. The summed E-state index contributed by atoms with van der Waals surface area (Å²) in [6.45, 7) is 4.87. The van der Waals surface area contributed by atoms with Crippen LogP contribution in [0.5, 0.6) is 11.5 Å². The Kier molecular flexibility index (Phi) is 7.28. The van der Waals surface area contributed by atoms with Crippen LogP contribution >= 0.6 is 0 Å². The molecule has 7 nitrogen and oxygen atoms in total. The van der Waals surface area contributed by atoms with Crippen LogP contribution in [0, 0.1) is 5.92 Å². The first kappa shape index (κ1) is 21.6. The second kappa shape index (κ2) is 9.45. The molecule has 1 N–H and O–H groups in total. The van der Waals surface area contributed by atoms with Gasteiger partial charge in [-0.2, -0.15) is 8.42 Å². The van der Waals surface area contributed by atoms with Crippen LogP contribution in [0.25, 0.3) is 0 Å². The van der Waals surface area contributed by atoms with Gasteiger partial charge < -0.3 is 19.1 Å². The van der Waals surface area contributed by atoms with Gasteiger partial charge >= 0.3 is 16.1 Å². The molecule has 0 unspecified atom stereocenters. The van der Waals surface area contributed by atoms with E-state index in [1.165, 1.54) is 0 Å². The topological polar surface area (TPSA) is 84.9 Å². The summed E-state index contributed by atoms with van der Waals surface area (Å²) in [6, 6.07) is 13.6. The lowest BCUT2D eigenvalue weighted by atomic mass is 10.1. The van der Waals surface area contributed by atoms with Crippen molar-refractivity contribution in [3.05, 3.63) is 54.1 Å². The van der Waals surface area contributed by atoms with Crippen molar-refractivity contribution in [2.45, 2.75) is 20.4 Å². The lowest BCUT2D eigenvalue weighted by Gasteiger charge is -2.25. The van der Waals surface area contributed by atoms with E-state index < -0.39 is 10.1 Å². The van der Waals surface area contributed by atoms with Gasteiger partial charge in [-0.25, -0.2) is 4.79 Å². The normalized spacial score (nSPS) is 11.2. The van der Waals surface area contributed by atoms with Gasteiger partial charge in [-0.3, -0.25) is 0 Å². The van der Waals surface area contributed by atoms with Gasteiger partial charge in [0.15, 0.2) is 0 Å². The molecule has 0 radical (unpaired) electrons. The molecule has 2 amide bonds. The lowest BCUT2D eigenvalue weighted by molar-refractivity contribution is 0.201. The number of carbonyl (C=O) groups excluding carboxylic acids is 1. The molecule has 152 valence electrons. The standard InChI is InChI=1S/C20H26N2O5S/c1-15(2)13-22(20(23)21-18-10-5-6-11-19(18)26-3)14-16-8-7-9-17(12-16)27-28(4,24)25/h5-12,15H,13-14H2,1-4H3,(H,21,23). The minimum Gasteiger partial charge on any atom is -0.495 e. The molecule has 0 heterocycles. The highest BCUT2D eigenvalue weighted by Gasteiger charge is 2.17. The fourth-order valence-electron chi connectivity index (χ4n) is 2.69. The number of amides is 2. The summed E-state index contributed by atoms with van der Waals surface area (Å²) in [5.41, 5.74) is 1.34. The van der Waals surface area contributed by atoms with Crippen molar-refractivity contribution in [2.24, 2.45) is 5.92 Å². The molecular formula is C20H26N2O5S. The van der Waals surface area contributed by atoms with Crippen molar-refractivity contribution < 1.29 is 22.1 Å². The highest BCUT2D eigenvalue weighted by Crippen LogP contribution is 2.24. The fraction of sp³-hybridized carbons (Fsp3) is 0.350. The molecule has 8 heteroatoms. The van der Waals surface area contributed by atoms with E-state index in [1.54, 1.807) is 42.3 Å². The molecule has 0 saturated carbocycles. The number of benzene rings is 2. The Morgan fingerprint density at radius 1 is 1.14 bits per heavy atom. The van der Waals surface area contributed by atoms with Crippen LogP contribution in [-0.2, 0) is 16.7 Å². The van der Waals surface area contributed by atoms with Crippen molar-refractivity contribution in [1.29, 1.82) is 0 Å². The summed E-state index contributed by atoms with van der Waals surface area (Å²) < 4.78 is 32.9. The van der Waals surface area contributed by atoms with E-state index in [9.17, 15) is 13.2 Å². The number of rotatable bonds is 8. The van der Waals surface area contributed by atoms with Crippen molar-refractivity contribution >= 4 is 21.8 Å². The Bertz CT molecular complexity index is 912.